The van der Waals surface area contributed by atoms with Gasteiger partial charge < -0.3 is 10.2 Å². The molecule has 2 aromatic carbocycles. The summed E-state index contributed by atoms with van der Waals surface area (Å²) >= 11 is 0. The van der Waals surface area contributed by atoms with Crippen molar-refractivity contribution in [1.29, 1.82) is 0 Å². The Bertz CT molecular complexity index is 786. The van der Waals surface area contributed by atoms with Gasteiger partial charge in [-0.25, -0.2) is 0 Å². The molecular weight excluding hydrogens is 262 g/mol. The highest BCUT2D eigenvalue weighted by Crippen LogP contribution is 2.38. The van der Waals surface area contributed by atoms with Crippen molar-refractivity contribution in [3.05, 3.63) is 54.2 Å². The topological polar surface area (TPSA) is 53.4 Å². The minimum atomic E-state index is 0.0637. The van der Waals surface area contributed by atoms with Crippen molar-refractivity contribution in [3.8, 4) is 22.6 Å². The standard InChI is InChI=1S/C18H17NO2/c1-11(2)18-16(20)8-13(9-17(18)21)14-7-12-5-3-4-6-15(12)19-10-14/h3-11,20-21H,1-2H3. The van der Waals surface area contributed by atoms with Gasteiger partial charge >= 0.3 is 0 Å². The Hall–Kier alpha value is -2.55. The minimum Gasteiger partial charge on any atom is -0.507 e. The fourth-order valence-corrected chi connectivity index (χ4v) is 2.61. The Balaban J connectivity index is 2.14. The van der Waals surface area contributed by atoms with Crippen LogP contribution in [0.25, 0.3) is 22.0 Å². The van der Waals surface area contributed by atoms with Gasteiger partial charge in [0, 0.05) is 22.7 Å². The lowest BCUT2D eigenvalue weighted by Crippen LogP contribution is -1.91. The van der Waals surface area contributed by atoms with Crippen molar-refractivity contribution in [2.75, 3.05) is 0 Å². The lowest BCUT2D eigenvalue weighted by Gasteiger charge is -2.13. The van der Waals surface area contributed by atoms with E-state index >= 15 is 0 Å². The number of benzene rings is 2. The highest BCUT2D eigenvalue weighted by atomic mass is 16.3. The summed E-state index contributed by atoms with van der Waals surface area (Å²) in [5.74, 6) is 0.301. The molecule has 0 saturated heterocycles. The Labute approximate surface area is 123 Å². The first-order valence-electron chi connectivity index (χ1n) is 6.97. The molecule has 3 nitrogen and oxygen atoms in total. The molecule has 3 aromatic rings. The quantitative estimate of drug-likeness (QED) is 0.729. The third-order valence-corrected chi connectivity index (χ3v) is 3.64. The number of phenolic OH excluding ortho intramolecular Hbond substituents is 2. The van der Waals surface area contributed by atoms with Gasteiger partial charge in [-0.15, -0.1) is 0 Å². The zero-order valence-corrected chi connectivity index (χ0v) is 12.0. The summed E-state index contributed by atoms with van der Waals surface area (Å²) in [7, 11) is 0. The SMILES string of the molecule is CC(C)c1c(O)cc(-c2cnc3ccccc3c2)cc1O. The van der Waals surface area contributed by atoms with E-state index in [0.29, 0.717) is 5.56 Å². The highest BCUT2D eigenvalue weighted by Gasteiger charge is 2.14. The molecule has 2 N–H and O–H groups in total. The Morgan fingerprint density at radius 1 is 0.905 bits per heavy atom. The second-order valence-electron chi connectivity index (χ2n) is 5.50. The van der Waals surface area contributed by atoms with Crippen LogP contribution >= 0.6 is 0 Å². The number of para-hydroxylation sites is 1. The number of hydrogen-bond donors (Lipinski definition) is 2. The number of nitrogens with zero attached hydrogens (tertiary/aromatic N) is 1. The van der Waals surface area contributed by atoms with Crippen LogP contribution < -0.4 is 0 Å². The first-order valence-corrected chi connectivity index (χ1v) is 6.97. The van der Waals surface area contributed by atoms with E-state index < -0.39 is 0 Å². The molecule has 1 heterocycles. The van der Waals surface area contributed by atoms with Gasteiger partial charge in [0.25, 0.3) is 0 Å². The van der Waals surface area contributed by atoms with E-state index in [-0.39, 0.29) is 17.4 Å². The molecule has 106 valence electrons. The van der Waals surface area contributed by atoms with Gasteiger partial charge in [-0.1, -0.05) is 32.0 Å². The Morgan fingerprint density at radius 2 is 1.57 bits per heavy atom. The zero-order valence-electron chi connectivity index (χ0n) is 12.0. The van der Waals surface area contributed by atoms with E-state index in [1.165, 1.54) is 0 Å². The zero-order chi connectivity index (χ0) is 15.0. The highest BCUT2D eigenvalue weighted by molar-refractivity contribution is 5.84. The van der Waals surface area contributed by atoms with Crippen molar-refractivity contribution in [1.82, 2.24) is 4.98 Å². The van der Waals surface area contributed by atoms with Crippen LogP contribution in [-0.2, 0) is 0 Å². The van der Waals surface area contributed by atoms with E-state index in [2.05, 4.69) is 4.98 Å². The summed E-state index contributed by atoms with van der Waals surface area (Å²) in [6.45, 7) is 3.87. The largest absolute Gasteiger partial charge is 0.507 e. The molecule has 0 aliphatic heterocycles. The minimum absolute atomic E-state index is 0.0637. The van der Waals surface area contributed by atoms with Crippen LogP contribution in [0, 0.1) is 0 Å². The second kappa shape index (κ2) is 5.09. The summed E-state index contributed by atoms with van der Waals surface area (Å²) in [6.07, 6.45) is 1.76. The third-order valence-electron chi connectivity index (χ3n) is 3.64. The molecule has 0 bridgehead atoms. The number of hydrogen-bond acceptors (Lipinski definition) is 3. The van der Waals surface area contributed by atoms with Crippen molar-refractivity contribution >= 4 is 10.9 Å². The molecule has 0 spiro atoms. The molecule has 0 unspecified atom stereocenters. The first-order chi connectivity index (χ1) is 10.1. The van der Waals surface area contributed by atoms with E-state index in [1.54, 1.807) is 18.3 Å². The molecule has 0 amide bonds. The van der Waals surface area contributed by atoms with Crippen LogP contribution in [0.5, 0.6) is 11.5 Å². The number of fused-ring (bicyclic) bond motifs is 1. The summed E-state index contributed by atoms with van der Waals surface area (Å²) in [4.78, 5) is 4.41. The van der Waals surface area contributed by atoms with Gasteiger partial charge in [0.1, 0.15) is 11.5 Å². The van der Waals surface area contributed by atoms with Crippen LogP contribution in [-0.4, -0.2) is 15.2 Å². The average molecular weight is 279 g/mol. The van der Waals surface area contributed by atoms with Gasteiger partial charge in [-0.2, -0.15) is 0 Å². The predicted molar refractivity (Wildman–Crippen MR) is 84.6 cm³/mol. The molecular formula is C18H17NO2. The summed E-state index contributed by atoms with van der Waals surface area (Å²) < 4.78 is 0. The Morgan fingerprint density at radius 3 is 2.24 bits per heavy atom. The van der Waals surface area contributed by atoms with Gasteiger partial charge in [-0.05, 0) is 35.7 Å². The van der Waals surface area contributed by atoms with E-state index in [9.17, 15) is 10.2 Å². The fraction of sp³-hybridized carbons (Fsp3) is 0.167. The third kappa shape index (κ3) is 2.42. The van der Waals surface area contributed by atoms with Crippen LogP contribution in [0.2, 0.25) is 0 Å². The lowest BCUT2D eigenvalue weighted by molar-refractivity contribution is 0.434. The molecule has 0 radical (unpaired) electrons. The fourth-order valence-electron chi connectivity index (χ4n) is 2.61. The Kier molecular flexibility index (Phi) is 3.26. The van der Waals surface area contributed by atoms with E-state index in [4.69, 9.17) is 0 Å². The predicted octanol–water partition coefficient (Wildman–Crippen LogP) is 4.44. The first kappa shape index (κ1) is 13.4. The van der Waals surface area contributed by atoms with E-state index in [1.807, 2.05) is 44.2 Å². The van der Waals surface area contributed by atoms with Gasteiger partial charge in [-0.3, -0.25) is 4.98 Å². The lowest BCUT2D eigenvalue weighted by atomic mass is 9.96. The molecule has 3 rings (SSSR count). The number of pyridine rings is 1. The van der Waals surface area contributed by atoms with Crippen molar-refractivity contribution in [2.24, 2.45) is 0 Å². The second-order valence-corrected chi connectivity index (χ2v) is 5.50. The van der Waals surface area contributed by atoms with Gasteiger partial charge in [0.05, 0.1) is 5.52 Å². The van der Waals surface area contributed by atoms with Crippen LogP contribution in [0.3, 0.4) is 0 Å². The number of aromatic nitrogens is 1. The maximum Gasteiger partial charge on any atom is 0.123 e. The molecule has 0 aliphatic rings. The summed E-state index contributed by atoms with van der Waals surface area (Å²) in [6, 6.07) is 13.2. The van der Waals surface area contributed by atoms with Crippen LogP contribution in [0.1, 0.15) is 25.3 Å². The molecule has 0 fully saturated rings. The smallest absolute Gasteiger partial charge is 0.123 e. The molecule has 0 aliphatic carbocycles. The van der Waals surface area contributed by atoms with Gasteiger partial charge in [0.15, 0.2) is 0 Å². The summed E-state index contributed by atoms with van der Waals surface area (Å²) in [5, 5.41) is 21.3. The van der Waals surface area contributed by atoms with Crippen molar-refractivity contribution in [2.45, 2.75) is 19.8 Å². The van der Waals surface area contributed by atoms with Crippen molar-refractivity contribution in [3.63, 3.8) is 0 Å². The van der Waals surface area contributed by atoms with Crippen LogP contribution in [0.15, 0.2) is 48.7 Å². The van der Waals surface area contributed by atoms with E-state index in [0.717, 1.165) is 22.0 Å². The maximum absolute atomic E-state index is 10.1. The maximum atomic E-state index is 10.1. The number of rotatable bonds is 2. The number of aromatic hydroxyl groups is 2. The molecule has 0 atom stereocenters. The normalized spacial score (nSPS) is 11.2. The molecule has 0 saturated carbocycles. The number of phenols is 2. The average Bonchev–Trinajstić information content (AvgIpc) is 2.45. The van der Waals surface area contributed by atoms with Gasteiger partial charge in [0.2, 0.25) is 0 Å². The van der Waals surface area contributed by atoms with Crippen LogP contribution in [0.4, 0.5) is 0 Å². The summed E-state index contributed by atoms with van der Waals surface area (Å²) in [5.41, 5.74) is 3.13. The van der Waals surface area contributed by atoms with Crippen molar-refractivity contribution < 1.29 is 10.2 Å². The molecule has 1 aromatic heterocycles. The monoisotopic (exact) mass is 279 g/mol. The molecule has 3 heteroatoms. The molecule has 21 heavy (non-hydrogen) atoms.